The van der Waals surface area contributed by atoms with E-state index in [9.17, 15) is 14.9 Å². The molecular weight excluding hydrogens is 418 g/mol. The SMILES string of the molecule is Cc1ccc(-c2noc(CCC(=O)Nc3nc(-c4cccc([N+](=O)[O-])c4)cs3)n2)cc1. The molecule has 10 heteroatoms. The van der Waals surface area contributed by atoms with Crippen LogP contribution in [0, 0.1) is 17.0 Å². The molecule has 0 spiro atoms. The maximum Gasteiger partial charge on any atom is 0.270 e. The lowest BCUT2D eigenvalue weighted by atomic mass is 10.1. The molecule has 9 nitrogen and oxygen atoms in total. The molecule has 2 aromatic heterocycles. The van der Waals surface area contributed by atoms with E-state index in [1.807, 2.05) is 31.2 Å². The summed E-state index contributed by atoms with van der Waals surface area (Å²) >= 11 is 1.25. The van der Waals surface area contributed by atoms with Gasteiger partial charge in [0, 0.05) is 41.5 Å². The summed E-state index contributed by atoms with van der Waals surface area (Å²) in [5.41, 5.74) is 3.14. The van der Waals surface area contributed by atoms with Gasteiger partial charge in [-0.3, -0.25) is 14.9 Å². The lowest BCUT2D eigenvalue weighted by Gasteiger charge is -2.00. The standard InChI is InChI=1S/C21H17N5O4S/c1-13-5-7-14(8-6-13)20-24-19(30-25-20)10-9-18(27)23-21-22-17(12-31-21)15-3-2-4-16(11-15)26(28)29/h2-8,11-12H,9-10H2,1H3,(H,22,23,27). The maximum absolute atomic E-state index is 12.3. The van der Waals surface area contributed by atoms with Crippen LogP contribution < -0.4 is 5.32 Å². The fourth-order valence-corrected chi connectivity index (χ4v) is 3.56. The van der Waals surface area contributed by atoms with Crippen LogP contribution >= 0.6 is 11.3 Å². The number of non-ortho nitro benzene ring substituents is 1. The molecular formula is C21H17N5O4S. The minimum atomic E-state index is -0.458. The van der Waals surface area contributed by atoms with Gasteiger partial charge in [-0.15, -0.1) is 11.3 Å². The van der Waals surface area contributed by atoms with E-state index in [-0.39, 0.29) is 18.0 Å². The van der Waals surface area contributed by atoms with Crippen molar-refractivity contribution in [2.24, 2.45) is 0 Å². The number of rotatable bonds is 7. The third-order valence-corrected chi connectivity index (χ3v) is 5.20. The Bertz CT molecular complexity index is 1230. The summed E-state index contributed by atoms with van der Waals surface area (Å²) < 4.78 is 5.23. The predicted octanol–water partition coefficient (Wildman–Crippen LogP) is 4.65. The van der Waals surface area contributed by atoms with E-state index in [1.165, 1.54) is 23.5 Å². The van der Waals surface area contributed by atoms with Crippen molar-refractivity contribution in [3.63, 3.8) is 0 Å². The minimum absolute atomic E-state index is 0.0133. The van der Waals surface area contributed by atoms with E-state index in [4.69, 9.17) is 4.52 Å². The zero-order valence-corrected chi connectivity index (χ0v) is 17.3. The molecule has 156 valence electrons. The van der Waals surface area contributed by atoms with Crippen molar-refractivity contribution in [2.45, 2.75) is 19.8 Å². The van der Waals surface area contributed by atoms with Crippen LogP contribution in [0.2, 0.25) is 0 Å². The Hall–Kier alpha value is -3.92. The Morgan fingerprint density at radius 2 is 1.97 bits per heavy atom. The maximum atomic E-state index is 12.3. The van der Waals surface area contributed by atoms with Crippen LogP contribution in [0.1, 0.15) is 17.9 Å². The van der Waals surface area contributed by atoms with Crippen molar-refractivity contribution in [1.82, 2.24) is 15.1 Å². The normalized spacial score (nSPS) is 10.7. The van der Waals surface area contributed by atoms with E-state index >= 15 is 0 Å². The molecule has 2 heterocycles. The molecule has 4 aromatic rings. The first-order valence-electron chi connectivity index (χ1n) is 9.38. The van der Waals surface area contributed by atoms with Gasteiger partial charge in [0.2, 0.25) is 17.6 Å². The number of nitrogens with one attached hydrogen (secondary N) is 1. The highest BCUT2D eigenvalue weighted by molar-refractivity contribution is 7.14. The molecule has 0 unspecified atom stereocenters. The Kier molecular flexibility index (Phi) is 5.80. The number of hydrogen-bond acceptors (Lipinski definition) is 8. The van der Waals surface area contributed by atoms with Gasteiger partial charge in [-0.25, -0.2) is 4.98 Å². The number of carbonyl (C=O) groups excluding carboxylic acids is 1. The van der Waals surface area contributed by atoms with Crippen LogP contribution in [0.15, 0.2) is 58.4 Å². The third-order valence-electron chi connectivity index (χ3n) is 4.45. The van der Waals surface area contributed by atoms with Crippen LogP contribution in [0.5, 0.6) is 0 Å². The topological polar surface area (TPSA) is 124 Å². The second-order valence-electron chi connectivity index (χ2n) is 6.77. The van der Waals surface area contributed by atoms with Gasteiger partial charge in [0.05, 0.1) is 10.6 Å². The van der Waals surface area contributed by atoms with Crippen molar-refractivity contribution in [3.05, 3.63) is 75.5 Å². The van der Waals surface area contributed by atoms with Crippen molar-refractivity contribution < 1.29 is 14.2 Å². The van der Waals surface area contributed by atoms with Crippen LogP contribution in [0.4, 0.5) is 10.8 Å². The lowest BCUT2D eigenvalue weighted by Crippen LogP contribution is -2.12. The highest BCUT2D eigenvalue weighted by Gasteiger charge is 2.13. The molecule has 0 aliphatic heterocycles. The van der Waals surface area contributed by atoms with Crippen molar-refractivity contribution in [3.8, 4) is 22.6 Å². The summed E-state index contributed by atoms with van der Waals surface area (Å²) in [6.45, 7) is 2.00. The van der Waals surface area contributed by atoms with Gasteiger partial charge >= 0.3 is 0 Å². The third kappa shape index (κ3) is 4.98. The fourth-order valence-electron chi connectivity index (χ4n) is 2.82. The Labute approximate surface area is 180 Å². The van der Waals surface area contributed by atoms with Crippen LogP contribution in [-0.2, 0) is 11.2 Å². The molecule has 0 bridgehead atoms. The summed E-state index contributed by atoms with van der Waals surface area (Å²) in [4.78, 5) is 31.4. The van der Waals surface area contributed by atoms with Gasteiger partial charge in [0.25, 0.3) is 5.69 Å². The van der Waals surface area contributed by atoms with E-state index in [2.05, 4.69) is 20.4 Å². The molecule has 31 heavy (non-hydrogen) atoms. The Balaban J connectivity index is 1.34. The summed E-state index contributed by atoms with van der Waals surface area (Å²) in [6, 6.07) is 14.0. The second kappa shape index (κ2) is 8.84. The van der Waals surface area contributed by atoms with Crippen LogP contribution in [0.3, 0.4) is 0 Å². The quantitative estimate of drug-likeness (QED) is 0.331. The molecule has 1 amide bonds. The van der Waals surface area contributed by atoms with Gasteiger partial charge in [0.1, 0.15) is 0 Å². The molecule has 0 atom stereocenters. The van der Waals surface area contributed by atoms with Gasteiger partial charge in [-0.1, -0.05) is 47.1 Å². The number of hydrogen-bond donors (Lipinski definition) is 1. The lowest BCUT2D eigenvalue weighted by molar-refractivity contribution is -0.384. The number of aryl methyl sites for hydroxylation is 2. The first-order valence-corrected chi connectivity index (χ1v) is 10.3. The number of nitro benzene ring substituents is 1. The largest absolute Gasteiger partial charge is 0.339 e. The van der Waals surface area contributed by atoms with E-state index in [1.54, 1.807) is 17.5 Å². The number of anilines is 1. The molecule has 4 rings (SSSR count). The molecule has 0 aliphatic rings. The number of aromatic nitrogens is 3. The molecule has 1 N–H and O–H groups in total. The summed E-state index contributed by atoms with van der Waals surface area (Å²) in [5, 5.41) is 19.8. The first-order chi connectivity index (χ1) is 15.0. The Morgan fingerprint density at radius 3 is 2.74 bits per heavy atom. The summed E-state index contributed by atoms with van der Waals surface area (Å²) in [6.07, 6.45) is 0.453. The molecule has 0 saturated heterocycles. The number of amides is 1. The van der Waals surface area contributed by atoms with Gasteiger partial charge in [-0.2, -0.15) is 4.98 Å². The number of nitro groups is 1. The second-order valence-corrected chi connectivity index (χ2v) is 7.63. The first kappa shape index (κ1) is 20.4. The van der Waals surface area contributed by atoms with Gasteiger partial charge in [0.15, 0.2) is 5.13 Å². The molecule has 0 saturated carbocycles. The molecule has 0 radical (unpaired) electrons. The number of nitrogens with zero attached hydrogens (tertiary/aromatic N) is 4. The smallest absolute Gasteiger partial charge is 0.270 e. The summed E-state index contributed by atoms with van der Waals surface area (Å²) in [7, 11) is 0. The average molecular weight is 435 g/mol. The predicted molar refractivity (Wildman–Crippen MR) is 116 cm³/mol. The molecule has 0 aliphatic carbocycles. The Morgan fingerprint density at radius 1 is 1.16 bits per heavy atom. The van der Waals surface area contributed by atoms with Gasteiger partial charge in [-0.05, 0) is 6.92 Å². The zero-order chi connectivity index (χ0) is 21.8. The fraction of sp³-hybridized carbons (Fsp3) is 0.143. The monoisotopic (exact) mass is 435 g/mol. The highest BCUT2D eigenvalue weighted by Crippen LogP contribution is 2.27. The summed E-state index contributed by atoms with van der Waals surface area (Å²) in [5.74, 6) is 0.620. The van der Waals surface area contributed by atoms with Crippen molar-refractivity contribution in [2.75, 3.05) is 5.32 Å². The molecule has 2 aromatic carbocycles. The average Bonchev–Trinajstić information content (AvgIpc) is 3.43. The van der Waals surface area contributed by atoms with E-state index in [0.717, 1.165) is 11.1 Å². The van der Waals surface area contributed by atoms with Crippen molar-refractivity contribution >= 4 is 28.1 Å². The van der Waals surface area contributed by atoms with Crippen molar-refractivity contribution in [1.29, 1.82) is 0 Å². The molecule has 0 fully saturated rings. The van der Waals surface area contributed by atoms with E-state index in [0.29, 0.717) is 34.5 Å². The zero-order valence-electron chi connectivity index (χ0n) is 16.4. The van der Waals surface area contributed by atoms with Gasteiger partial charge < -0.3 is 9.84 Å². The highest BCUT2D eigenvalue weighted by atomic mass is 32.1. The number of benzene rings is 2. The number of carbonyl (C=O) groups is 1. The number of thiazole rings is 1. The minimum Gasteiger partial charge on any atom is -0.339 e. The van der Waals surface area contributed by atoms with E-state index < -0.39 is 4.92 Å². The van der Waals surface area contributed by atoms with Crippen LogP contribution in [0.25, 0.3) is 22.6 Å². The van der Waals surface area contributed by atoms with Crippen LogP contribution in [-0.4, -0.2) is 26.0 Å².